The van der Waals surface area contributed by atoms with Crippen molar-refractivity contribution in [2.45, 2.75) is 20.3 Å². The van der Waals surface area contributed by atoms with Gasteiger partial charge in [0.2, 0.25) is 5.95 Å². The Hall–Kier alpha value is -1.77. The highest BCUT2D eigenvalue weighted by atomic mass is 127. The molecule has 0 aliphatic heterocycles. The van der Waals surface area contributed by atoms with Crippen molar-refractivity contribution in [2.24, 2.45) is 0 Å². The quantitative estimate of drug-likeness (QED) is 0.706. The Balaban J connectivity index is 2.35. The third-order valence-corrected chi connectivity index (χ3v) is 4.01. The topological polar surface area (TPSA) is 96.3 Å². The van der Waals surface area contributed by atoms with Crippen molar-refractivity contribution >= 4 is 34.4 Å². The Morgan fingerprint density at radius 3 is 2.27 bits per heavy atom. The Morgan fingerprint density at radius 2 is 1.68 bits per heavy atom. The second-order valence-electron chi connectivity index (χ2n) is 4.57. The molecule has 0 saturated heterocycles. The fraction of sp³-hybridized carbons (Fsp3) is 0.333. The lowest BCUT2D eigenvalue weighted by Crippen LogP contribution is -2.05. The molecule has 4 N–H and O–H groups in total. The number of nitrogens with two attached hydrogens (primary N) is 2. The number of rotatable bonds is 6. The van der Waals surface area contributed by atoms with E-state index in [4.69, 9.17) is 20.9 Å². The molecule has 2 aromatic rings. The molecule has 7 heteroatoms. The molecule has 0 fully saturated rings. The average molecular weight is 414 g/mol. The fourth-order valence-electron chi connectivity index (χ4n) is 2.02. The van der Waals surface area contributed by atoms with Gasteiger partial charge in [-0.2, -0.15) is 4.98 Å². The van der Waals surface area contributed by atoms with Gasteiger partial charge in [0.15, 0.2) is 11.5 Å². The van der Waals surface area contributed by atoms with Crippen LogP contribution in [0.1, 0.15) is 25.0 Å². The van der Waals surface area contributed by atoms with Crippen LogP contribution < -0.4 is 20.9 Å². The summed E-state index contributed by atoms with van der Waals surface area (Å²) in [6.45, 7) is 5.06. The Morgan fingerprint density at radius 1 is 1.05 bits per heavy atom. The molecule has 6 nitrogen and oxygen atoms in total. The Kier molecular flexibility index (Phi) is 5.64. The van der Waals surface area contributed by atoms with Gasteiger partial charge >= 0.3 is 0 Å². The van der Waals surface area contributed by atoms with Crippen LogP contribution >= 0.6 is 22.6 Å². The molecule has 0 aliphatic carbocycles. The van der Waals surface area contributed by atoms with Crippen LogP contribution in [0.2, 0.25) is 0 Å². The molecule has 22 heavy (non-hydrogen) atoms. The van der Waals surface area contributed by atoms with Gasteiger partial charge in [0.1, 0.15) is 5.82 Å². The zero-order valence-electron chi connectivity index (χ0n) is 12.6. The number of nitrogens with zero attached hydrogens (tertiary/aromatic N) is 2. The highest BCUT2D eigenvalue weighted by Crippen LogP contribution is 2.33. The van der Waals surface area contributed by atoms with Crippen molar-refractivity contribution in [3.8, 4) is 11.5 Å². The lowest BCUT2D eigenvalue weighted by molar-refractivity contribution is 0.287. The third kappa shape index (κ3) is 3.90. The predicted octanol–water partition coefficient (Wildman–Crippen LogP) is 2.63. The van der Waals surface area contributed by atoms with E-state index < -0.39 is 0 Å². The largest absolute Gasteiger partial charge is 0.490 e. The first-order valence-corrected chi connectivity index (χ1v) is 8.07. The number of anilines is 2. The monoisotopic (exact) mass is 414 g/mol. The molecule has 0 bridgehead atoms. The van der Waals surface area contributed by atoms with Gasteiger partial charge in [0.05, 0.1) is 13.2 Å². The molecular formula is C15H19IN4O2. The summed E-state index contributed by atoms with van der Waals surface area (Å²) in [6.07, 6.45) is 2.27. The summed E-state index contributed by atoms with van der Waals surface area (Å²) < 4.78 is 12.4. The molecule has 0 spiro atoms. The van der Waals surface area contributed by atoms with E-state index in [1.807, 2.05) is 26.0 Å². The SMILES string of the molecule is CCOc1cc(I)c(Cc2cnc(N)nc2N)cc1OCC. The Bertz CT molecular complexity index is 664. The van der Waals surface area contributed by atoms with Crippen molar-refractivity contribution in [3.05, 3.63) is 33.0 Å². The number of aromatic nitrogens is 2. The highest BCUT2D eigenvalue weighted by Gasteiger charge is 2.13. The van der Waals surface area contributed by atoms with Crippen LogP contribution in [0.5, 0.6) is 11.5 Å². The summed E-state index contributed by atoms with van der Waals surface area (Å²) >= 11 is 2.27. The molecule has 0 aliphatic rings. The number of nitrogen functional groups attached to an aromatic ring is 2. The van der Waals surface area contributed by atoms with E-state index >= 15 is 0 Å². The van der Waals surface area contributed by atoms with Crippen molar-refractivity contribution in [1.82, 2.24) is 9.97 Å². The summed E-state index contributed by atoms with van der Waals surface area (Å²) in [4.78, 5) is 7.99. The van der Waals surface area contributed by atoms with Gasteiger partial charge in [-0.25, -0.2) is 4.98 Å². The molecule has 1 aromatic heterocycles. The first-order chi connectivity index (χ1) is 10.5. The summed E-state index contributed by atoms with van der Waals surface area (Å²) in [5.41, 5.74) is 13.3. The average Bonchev–Trinajstić information content (AvgIpc) is 2.47. The van der Waals surface area contributed by atoms with Crippen LogP contribution in [0.4, 0.5) is 11.8 Å². The zero-order chi connectivity index (χ0) is 16.1. The number of hydrogen-bond acceptors (Lipinski definition) is 6. The van der Waals surface area contributed by atoms with Crippen LogP contribution in [-0.2, 0) is 6.42 Å². The van der Waals surface area contributed by atoms with Gasteiger partial charge in [-0.05, 0) is 54.1 Å². The number of ether oxygens (including phenoxy) is 2. The molecule has 0 atom stereocenters. The van der Waals surface area contributed by atoms with Gasteiger partial charge in [-0.15, -0.1) is 0 Å². The van der Waals surface area contributed by atoms with Crippen LogP contribution in [0.25, 0.3) is 0 Å². The maximum Gasteiger partial charge on any atom is 0.221 e. The molecule has 1 heterocycles. The lowest BCUT2D eigenvalue weighted by atomic mass is 10.1. The Labute approximate surface area is 143 Å². The molecule has 0 unspecified atom stereocenters. The first-order valence-electron chi connectivity index (χ1n) is 7.00. The zero-order valence-corrected chi connectivity index (χ0v) is 14.8. The van der Waals surface area contributed by atoms with E-state index in [0.717, 1.165) is 26.2 Å². The van der Waals surface area contributed by atoms with Gasteiger partial charge in [0.25, 0.3) is 0 Å². The van der Waals surface area contributed by atoms with E-state index in [2.05, 4.69) is 32.6 Å². The van der Waals surface area contributed by atoms with E-state index in [-0.39, 0.29) is 5.95 Å². The molecule has 1 aromatic carbocycles. The van der Waals surface area contributed by atoms with Gasteiger partial charge in [-0.3, -0.25) is 0 Å². The van der Waals surface area contributed by atoms with Crippen LogP contribution in [-0.4, -0.2) is 23.2 Å². The molecule has 118 valence electrons. The third-order valence-electron chi connectivity index (χ3n) is 3.01. The van der Waals surface area contributed by atoms with Gasteiger partial charge < -0.3 is 20.9 Å². The van der Waals surface area contributed by atoms with Crippen molar-refractivity contribution in [1.29, 1.82) is 0 Å². The van der Waals surface area contributed by atoms with E-state index in [1.165, 1.54) is 0 Å². The minimum atomic E-state index is 0.178. The van der Waals surface area contributed by atoms with E-state index in [1.54, 1.807) is 6.20 Å². The van der Waals surface area contributed by atoms with Crippen molar-refractivity contribution in [3.63, 3.8) is 0 Å². The number of hydrogen-bond donors (Lipinski definition) is 2. The lowest BCUT2D eigenvalue weighted by Gasteiger charge is -2.14. The molecule has 2 rings (SSSR count). The van der Waals surface area contributed by atoms with Crippen LogP contribution in [0.15, 0.2) is 18.3 Å². The van der Waals surface area contributed by atoms with Crippen LogP contribution in [0.3, 0.4) is 0 Å². The van der Waals surface area contributed by atoms with Crippen LogP contribution in [0, 0.1) is 3.57 Å². The van der Waals surface area contributed by atoms with E-state index in [9.17, 15) is 0 Å². The highest BCUT2D eigenvalue weighted by molar-refractivity contribution is 14.1. The molecule has 0 saturated carbocycles. The maximum absolute atomic E-state index is 5.90. The summed E-state index contributed by atoms with van der Waals surface area (Å²) in [5, 5.41) is 0. The van der Waals surface area contributed by atoms with E-state index in [0.29, 0.717) is 25.5 Å². The van der Waals surface area contributed by atoms with Gasteiger partial charge in [-0.1, -0.05) is 0 Å². The molecule has 0 amide bonds. The van der Waals surface area contributed by atoms with Crippen molar-refractivity contribution < 1.29 is 9.47 Å². The van der Waals surface area contributed by atoms with Gasteiger partial charge in [0, 0.05) is 21.8 Å². The molecular weight excluding hydrogens is 395 g/mol. The first kappa shape index (κ1) is 16.6. The minimum Gasteiger partial charge on any atom is -0.490 e. The number of benzene rings is 1. The van der Waals surface area contributed by atoms with Crippen molar-refractivity contribution in [2.75, 3.05) is 24.7 Å². The standard InChI is InChI=1S/C15H19IN4O2/c1-3-21-12-6-9(11(16)7-13(12)22-4-2)5-10-8-19-15(18)20-14(10)17/h6-8H,3-5H2,1-2H3,(H4,17,18,19,20). The second-order valence-corrected chi connectivity index (χ2v) is 5.73. The predicted molar refractivity (Wildman–Crippen MR) is 95.2 cm³/mol. The normalized spacial score (nSPS) is 10.5. The number of halogens is 1. The second kappa shape index (κ2) is 7.48. The summed E-state index contributed by atoms with van der Waals surface area (Å²) in [5.74, 6) is 2.06. The summed E-state index contributed by atoms with van der Waals surface area (Å²) in [7, 11) is 0. The smallest absolute Gasteiger partial charge is 0.221 e. The maximum atomic E-state index is 5.90. The fourth-order valence-corrected chi connectivity index (χ4v) is 2.65. The molecule has 0 radical (unpaired) electrons. The minimum absolute atomic E-state index is 0.178. The summed E-state index contributed by atoms with van der Waals surface area (Å²) in [6, 6.07) is 3.95.